The Morgan fingerprint density at radius 1 is 1.12 bits per heavy atom. The number of carbonyl (C=O) groups excluding carboxylic acids is 3. The third kappa shape index (κ3) is 5.49. The van der Waals surface area contributed by atoms with Crippen molar-refractivity contribution >= 4 is 23.5 Å². The van der Waals surface area contributed by atoms with Crippen molar-refractivity contribution in [2.45, 2.75) is 64.0 Å². The Morgan fingerprint density at radius 3 is 2.55 bits per heavy atom. The molecule has 180 valence electrons. The number of nitrogens with one attached hydrogen (secondary N) is 2. The number of piperazine rings is 1. The van der Waals surface area contributed by atoms with Crippen LogP contribution in [0.1, 0.15) is 51.0 Å². The van der Waals surface area contributed by atoms with Gasteiger partial charge in [-0.2, -0.15) is 0 Å². The zero-order valence-electron chi connectivity index (χ0n) is 19.9. The Labute approximate surface area is 196 Å². The Balaban J connectivity index is 1.18. The number of urea groups is 1. The number of anilines is 1. The van der Waals surface area contributed by atoms with Crippen molar-refractivity contribution in [1.82, 2.24) is 20.4 Å². The Morgan fingerprint density at radius 2 is 1.85 bits per heavy atom. The van der Waals surface area contributed by atoms with Gasteiger partial charge in [-0.15, -0.1) is 0 Å². The van der Waals surface area contributed by atoms with Gasteiger partial charge >= 0.3 is 6.03 Å². The minimum atomic E-state index is -0.776. The summed E-state index contributed by atoms with van der Waals surface area (Å²) in [5.74, 6) is -0.510. The van der Waals surface area contributed by atoms with E-state index in [0.717, 1.165) is 63.3 Å². The molecule has 0 radical (unpaired) electrons. The number of carbonyl (C=O) groups is 3. The highest BCUT2D eigenvalue weighted by atomic mass is 16.2. The first-order chi connectivity index (χ1) is 15.9. The second-order valence-corrected chi connectivity index (χ2v) is 9.89. The van der Waals surface area contributed by atoms with Gasteiger partial charge in [0.15, 0.2) is 0 Å². The quantitative estimate of drug-likeness (QED) is 0.616. The maximum Gasteiger partial charge on any atom is 0.325 e. The molecule has 1 saturated carbocycles. The third-order valence-corrected chi connectivity index (χ3v) is 7.28. The summed E-state index contributed by atoms with van der Waals surface area (Å²) >= 11 is 0. The summed E-state index contributed by atoms with van der Waals surface area (Å²) in [7, 11) is 0. The molecule has 0 bridgehead atoms. The summed E-state index contributed by atoms with van der Waals surface area (Å²) < 4.78 is 0. The molecule has 4 rings (SSSR count). The van der Waals surface area contributed by atoms with E-state index in [1.54, 1.807) is 0 Å². The smallest absolute Gasteiger partial charge is 0.325 e. The number of hydrogen-bond donors (Lipinski definition) is 2. The van der Waals surface area contributed by atoms with Crippen LogP contribution in [0.4, 0.5) is 10.5 Å². The summed E-state index contributed by atoms with van der Waals surface area (Å²) in [6.45, 7) is 8.81. The number of benzene rings is 1. The van der Waals surface area contributed by atoms with E-state index in [2.05, 4.69) is 51.6 Å². The fourth-order valence-electron chi connectivity index (χ4n) is 5.28. The Hall–Kier alpha value is -2.61. The van der Waals surface area contributed by atoms with Crippen molar-refractivity contribution in [3.8, 4) is 0 Å². The molecule has 3 aliphatic rings. The van der Waals surface area contributed by atoms with Crippen LogP contribution < -0.4 is 15.5 Å². The van der Waals surface area contributed by atoms with Crippen molar-refractivity contribution < 1.29 is 14.4 Å². The Kier molecular flexibility index (Phi) is 7.22. The molecule has 8 nitrogen and oxygen atoms in total. The molecule has 8 heteroatoms. The topological polar surface area (TPSA) is 85.0 Å². The highest BCUT2D eigenvalue weighted by molar-refractivity contribution is 6.09. The van der Waals surface area contributed by atoms with Gasteiger partial charge in [0.1, 0.15) is 12.1 Å². The molecular formula is C25H37N5O3. The molecule has 1 aromatic rings. The molecule has 1 unspecified atom stereocenters. The number of rotatable bonds is 7. The molecular weight excluding hydrogens is 418 g/mol. The van der Waals surface area contributed by atoms with Crippen LogP contribution in [-0.2, 0) is 9.59 Å². The molecule has 1 aliphatic carbocycles. The maximum atomic E-state index is 12.8. The lowest BCUT2D eigenvalue weighted by molar-refractivity contribution is -0.136. The first-order valence-electron chi connectivity index (χ1n) is 12.3. The van der Waals surface area contributed by atoms with Crippen LogP contribution in [-0.4, -0.2) is 78.5 Å². The minimum Gasteiger partial charge on any atom is -0.369 e. The van der Waals surface area contributed by atoms with E-state index < -0.39 is 11.6 Å². The van der Waals surface area contributed by atoms with Gasteiger partial charge < -0.3 is 15.5 Å². The van der Waals surface area contributed by atoms with Crippen LogP contribution in [0.3, 0.4) is 0 Å². The number of imide groups is 1. The predicted molar refractivity (Wildman–Crippen MR) is 128 cm³/mol. The molecule has 3 fully saturated rings. The highest BCUT2D eigenvalue weighted by Gasteiger charge is 2.51. The monoisotopic (exact) mass is 455 g/mol. The van der Waals surface area contributed by atoms with E-state index in [1.807, 2.05) is 6.92 Å². The van der Waals surface area contributed by atoms with Crippen LogP contribution in [0.5, 0.6) is 0 Å². The molecule has 33 heavy (non-hydrogen) atoms. The van der Waals surface area contributed by atoms with Crippen LogP contribution in [0.2, 0.25) is 0 Å². The van der Waals surface area contributed by atoms with Crippen molar-refractivity contribution in [2.24, 2.45) is 0 Å². The van der Waals surface area contributed by atoms with Gasteiger partial charge in [0, 0.05) is 44.5 Å². The normalized spacial score (nSPS) is 21.9. The van der Waals surface area contributed by atoms with E-state index in [9.17, 15) is 14.4 Å². The van der Waals surface area contributed by atoms with Gasteiger partial charge in [-0.3, -0.25) is 19.4 Å². The van der Waals surface area contributed by atoms with Gasteiger partial charge in [-0.1, -0.05) is 31.4 Å². The second-order valence-electron chi connectivity index (χ2n) is 9.89. The van der Waals surface area contributed by atoms with Crippen LogP contribution in [0.15, 0.2) is 24.3 Å². The number of aryl methyl sites for hydroxylation is 1. The molecule has 2 saturated heterocycles. The first-order valence-corrected chi connectivity index (χ1v) is 12.3. The SMILES string of the molecule is Cc1cccc(N2CCN(CCC(C)NC(=O)CN3C(=O)NC4(CCCCC4)C3=O)CC2)c1. The largest absolute Gasteiger partial charge is 0.369 e. The lowest BCUT2D eigenvalue weighted by Crippen LogP contribution is -2.49. The molecule has 1 spiro atoms. The molecule has 4 amide bonds. The highest BCUT2D eigenvalue weighted by Crippen LogP contribution is 2.33. The Bertz CT molecular complexity index is 875. The predicted octanol–water partition coefficient (Wildman–Crippen LogP) is 2.27. The molecule has 2 heterocycles. The summed E-state index contributed by atoms with van der Waals surface area (Å²) in [5, 5.41) is 5.83. The van der Waals surface area contributed by atoms with E-state index in [4.69, 9.17) is 0 Å². The van der Waals surface area contributed by atoms with Gasteiger partial charge in [-0.25, -0.2) is 4.79 Å². The molecule has 2 N–H and O–H groups in total. The van der Waals surface area contributed by atoms with Crippen molar-refractivity contribution in [2.75, 3.05) is 44.2 Å². The first kappa shape index (κ1) is 23.5. The average molecular weight is 456 g/mol. The van der Waals surface area contributed by atoms with E-state index in [0.29, 0.717) is 12.8 Å². The van der Waals surface area contributed by atoms with Crippen molar-refractivity contribution in [3.63, 3.8) is 0 Å². The standard InChI is InChI=1S/C25H37N5O3/c1-19-7-6-8-21(17-19)29-15-13-28(14-16-29)12-9-20(2)26-22(31)18-30-23(32)25(27-24(30)33)10-4-3-5-11-25/h6-8,17,20H,3-5,9-16,18H2,1-2H3,(H,26,31)(H,27,33). The molecule has 1 atom stereocenters. The summed E-state index contributed by atoms with van der Waals surface area (Å²) in [6, 6.07) is 8.18. The zero-order valence-corrected chi connectivity index (χ0v) is 19.9. The van der Waals surface area contributed by atoms with E-state index in [-0.39, 0.29) is 24.4 Å². The van der Waals surface area contributed by atoms with E-state index >= 15 is 0 Å². The molecule has 1 aromatic carbocycles. The fraction of sp³-hybridized carbons (Fsp3) is 0.640. The summed E-state index contributed by atoms with van der Waals surface area (Å²) in [5.41, 5.74) is 1.79. The van der Waals surface area contributed by atoms with E-state index in [1.165, 1.54) is 11.3 Å². The van der Waals surface area contributed by atoms with Crippen LogP contribution in [0.25, 0.3) is 0 Å². The summed E-state index contributed by atoms with van der Waals surface area (Å²) in [6.07, 6.45) is 5.13. The number of amides is 4. The van der Waals surface area contributed by atoms with Crippen LogP contribution in [0, 0.1) is 6.92 Å². The lowest BCUT2D eigenvalue weighted by Gasteiger charge is -2.36. The van der Waals surface area contributed by atoms with Gasteiger partial charge in [-0.05, 0) is 50.8 Å². The minimum absolute atomic E-state index is 0.0169. The summed E-state index contributed by atoms with van der Waals surface area (Å²) in [4.78, 5) is 43.7. The lowest BCUT2D eigenvalue weighted by atomic mass is 9.82. The van der Waals surface area contributed by atoms with Gasteiger partial charge in [0.05, 0.1) is 0 Å². The number of nitrogens with zero attached hydrogens (tertiary/aromatic N) is 3. The second kappa shape index (κ2) is 10.1. The van der Waals surface area contributed by atoms with Crippen molar-refractivity contribution in [3.05, 3.63) is 29.8 Å². The van der Waals surface area contributed by atoms with Gasteiger partial charge in [0.2, 0.25) is 5.91 Å². The zero-order chi connectivity index (χ0) is 23.4. The molecule has 0 aromatic heterocycles. The van der Waals surface area contributed by atoms with Crippen molar-refractivity contribution in [1.29, 1.82) is 0 Å². The maximum absolute atomic E-state index is 12.8. The molecule has 2 aliphatic heterocycles. The fourth-order valence-corrected chi connectivity index (χ4v) is 5.28. The average Bonchev–Trinajstić information content (AvgIpc) is 3.02. The van der Waals surface area contributed by atoms with Crippen LogP contribution >= 0.6 is 0 Å². The third-order valence-electron chi connectivity index (χ3n) is 7.28. The number of hydrogen-bond acceptors (Lipinski definition) is 5. The van der Waals surface area contributed by atoms with Gasteiger partial charge in [0.25, 0.3) is 5.91 Å².